The summed E-state index contributed by atoms with van der Waals surface area (Å²) in [5.41, 5.74) is 5.02. The molecule has 5 aliphatic carbocycles. The lowest BCUT2D eigenvalue weighted by Gasteiger charge is -2.66. The molecule has 0 saturated heterocycles. The van der Waals surface area contributed by atoms with Gasteiger partial charge in [-0.05, 0) is 31.1 Å². The molecule has 5 saturated carbocycles. The standard InChI is InChI=1S/C13H19FN2O.ClH/c14-12-4-13(5-12,6-12)16-11(17)9-7-1-2-8(3-7)10(9)15;/h7-10H,1-6,15H2,(H,16,17);1H/t7-,8+,9+,10-,12?,13?;/m1./s1. The highest BCUT2D eigenvalue weighted by atomic mass is 35.5. The van der Waals surface area contributed by atoms with Crippen LogP contribution in [0.15, 0.2) is 0 Å². The molecule has 3 nitrogen and oxygen atoms in total. The number of alkyl halides is 1. The Morgan fingerprint density at radius 3 is 2.33 bits per heavy atom. The van der Waals surface area contributed by atoms with Crippen LogP contribution in [0.4, 0.5) is 4.39 Å². The highest BCUT2D eigenvalue weighted by Gasteiger charge is 2.70. The van der Waals surface area contributed by atoms with Crippen molar-refractivity contribution in [3.8, 4) is 0 Å². The number of rotatable bonds is 2. The van der Waals surface area contributed by atoms with E-state index in [0.717, 1.165) is 12.8 Å². The first-order valence-electron chi connectivity index (χ1n) is 6.77. The maximum absolute atomic E-state index is 13.4. The second-order valence-electron chi connectivity index (χ2n) is 6.89. The van der Waals surface area contributed by atoms with E-state index in [1.165, 1.54) is 6.42 Å². The Morgan fingerprint density at radius 2 is 1.83 bits per heavy atom. The van der Waals surface area contributed by atoms with Gasteiger partial charge in [0, 0.05) is 30.8 Å². The molecule has 3 N–H and O–H groups in total. The maximum Gasteiger partial charge on any atom is 0.225 e. The number of fused-ring (bicyclic) bond motifs is 2. The van der Waals surface area contributed by atoms with E-state index in [1.807, 2.05) is 0 Å². The van der Waals surface area contributed by atoms with Crippen LogP contribution in [0, 0.1) is 17.8 Å². The van der Waals surface area contributed by atoms with Crippen LogP contribution < -0.4 is 11.1 Å². The van der Waals surface area contributed by atoms with Crippen molar-refractivity contribution < 1.29 is 9.18 Å². The summed E-state index contributed by atoms with van der Waals surface area (Å²) in [5.74, 6) is 1.14. The Bertz CT molecular complexity index is 381. The molecule has 5 aliphatic rings. The van der Waals surface area contributed by atoms with Gasteiger partial charge in [-0.25, -0.2) is 4.39 Å². The summed E-state index contributed by atoms with van der Waals surface area (Å²) in [4.78, 5) is 12.3. The summed E-state index contributed by atoms with van der Waals surface area (Å²) in [6.45, 7) is 0. The smallest absolute Gasteiger partial charge is 0.225 e. The molecule has 0 heterocycles. The molecule has 1 amide bonds. The number of nitrogens with one attached hydrogen (secondary N) is 1. The zero-order chi connectivity index (χ0) is 11.8. The molecule has 4 atom stereocenters. The van der Waals surface area contributed by atoms with Gasteiger partial charge in [0.05, 0.1) is 5.92 Å². The predicted molar refractivity (Wildman–Crippen MR) is 68.1 cm³/mol. The van der Waals surface area contributed by atoms with Gasteiger partial charge in [-0.3, -0.25) is 4.79 Å². The number of carbonyl (C=O) groups excluding carboxylic acids is 1. The Labute approximate surface area is 112 Å². The van der Waals surface area contributed by atoms with Gasteiger partial charge in [-0.15, -0.1) is 12.4 Å². The van der Waals surface area contributed by atoms with E-state index in [2.05, 4.69) is 5.32 Å². The third kappa shape index (κ3) is 1.48. The molecule has 0 aliphatic heterocycles. The highest BCUT2D eigenvalue weighted by molar-refractivity contribution is 5.85. The second kappa shape index (κ2) is 3.60. The third-order valence-corrected chi connectivity index (χ3v) is 5.64. The minimum atomic E-state index is -0.940. The number of carbonyl (C=O) groups is 1. The fraction of sp³-hybridized carbons (Fsp3) is 0.923. The molecule has 4 bridgehead atoms. The van der Waals surface area contributed by atoms with E-state index in [0.29, 0.717) is 31.1 Å². The summed E-state index contributed by atoms with van der Waals surface area (Å²) in [5, 5.41) is 3.08. The van der Waals surface area contributed by atoms with Crippen molar-refractivity contribution in [3.05, 3.63) is 0 Å². The lowest BCUT2D eigenvalue weighted by molar-refractivity contribution is -0.177. The van der Waals surface area contributed by atoms with Gasteiger partial charge < -0.3 is 11.1 Å². The maximum atomic E-state index is 13.4. The first-order chi connectivity index (χ1) is 8.00. The molecule has 5 heteroatoms. The Balaban J connectivity index is 0.000001000. The van der Waals surface area contributed by atoms with E-state index in [4.69, 9.17) is 5.73 Å². The minimum Gasteiger partial charge on any atom is -0.350 e. The van der Waals surface area contributed by atoms with Crippen LogP contribution in [-0.4, -0.2) is 23.2 Å². The van der Waals surface area contributed by atoms with Crippen molar-refractivity contribution in [1.82, 2.24) is 5.32 Å². The van der Waals surface area contributed by atoms with Gasteiger partial charge in [0.1, 0.15) is 5.67 Å². The van der Waals surface area contributed by atoms with Crippen LogP contribution in [0.25, 0.3) is 0 Å². The monoisotopic (exact) mass is 274 g/mol. The van der Waals surface area contributed by atoms with Crippen LogP contribution in [-0.2, 0) is 4.79 Å². The predicted octanol–water partition coefficient (Wildman–Crippen LogP) is 1.54. The SMILES string of the molecule is Cl.N[C@@H]1[C@H]2CC[C@H](C2)[C@@H]1C(=O)NC12CC(F)(C1)C2. The topological polar surface area (TPSA) is 55.1 Å². The molecular weight excluding hydrogens is 255 g/mol. The van der Waals surface area contributed by atoms with E-state index in [-0.39, 0.29) is 35.8 Å². The Hall–Kier alpha value is -0.350. The Kier molecular flexibility index (Phi) is 2.54. The molecule has 0 radical (unpaired) electrons. The molecule has 0 aromatic rings. The first kappa shape index (κ1) is 12.7. The molecule has 5 rings (SSSR count). The third-order valence-electron chi connectivity index (χ3n) is 5.64. The van der Waals surface area contributed by atoms with Gasteiger partial charge in [-0.1, -0.05) is 0 Å². The number of hydrogen-bond acceptors (Lipinski definition) is 2. The van der Waals surface area contributed by atoms with Crippen molar-refractivity contribution in [2.24, 2.45) is 23.5 Å². The van der Waals surface area contributed by atoms with E-state index in [9.17, 15) is 9.18 Å². The largest absolute Gasteiger partial charge is 0.350 e. The molecule has 0 spiro atoms. The quantitative estimate of drug-likeness (QED) is 0.803. The number of nitrogens with two attached hydrogens (primary N) is 1. The Morgan fingerprint density at radius 1 is 1.22 bits per heavy atom. The van der Waals surface area contributed by atoms with Crippen LogP contribution >= 0.6 is 12.4 Å². The van der Waals surface area contributed by atoms with E-state index in [1.54, 1.807) is 0 Å². The molecule has 0 unspecified atom stereocenters. The number of amides is 1. The van der Waals surface area contributed by atoms with Gasteiger partial charge in [0.2, 0.25) is 5.91 Å². The summed E-state index contributed by atoms with van der Waals surface area (Å²) < 4.78 is 13.4. The number of halogens is 2. The molecular formula is C13H20ClFN2O. The van der Waals surface area contributed by atoms with Crippen molar-refractivity contribution in [2.45, 2.75) is 55.8 Å². The van der Waals surface area contributed by atoms with Crippen molar-refractivity contribution in [1.29, 1.82) is 0 Å². The summed E-state index contributed by atoms with van der Waals surface area (Å²) in [7, 11) is 0. The van der Waals surface area contributed by atoms with E-state index >= 15 is 0 Å². The van der Waals surface area contributed by atoms with Crippen molar-refractivity contribution in [2.75, 3.05) is 0 Å². The van der Waals surface area contributed by atoms with Gasteiger partial charge >= 0.3 is 0 Å². The van der Waals surface area contributed by atoms with Crippen LogP contribution in [0.1, 0.15) is 38.5 Å². The van der Waals surface area contributed by atoms with Crippen molar-refractivity contribution >= 4 is 18.3 Å². The summed E-state index contributed by atoms with van der Waals surface area (Å²) in [6, 6.07) is 0.0421. The average Bonchev–Trinajstić information content (AvgIpc) is 2.73. The van der Waals surface area contributed by atoms with Crippen LogP contribution in [0.2, 0.25) is 0 Å². The molecule has 5 fully saturated rings. The van der Waals surface area contributed by atoms with Crippen LogP contribution in [0.5, 0.6) is 0 Å². The minimum absolute atomic E-state index is 0. The first-order valence-corrected chi connectivity index (χ1v) is 6.77. The number of hydrogen-bond donors (Lipinski definition) is 2. The zero-order valence-electron chi connectivity index (χ0n) is 10.3. The van der Waals surface area contributed by atoms with Crippen molar-refractivity contribution in [3.63, 3.8) is 0 Å². The molecule has 102 valence electrons. The summed E-state index contributed by atoms with van der Waals surface area (Å²) in [6.07, 6.45) is 5.05. The van der Waals surface area contributed by atoms with E-state index < -0.39 is 5.67 Å². The normalized spacial score (nSPS) is 55.2. The lowest BCUT2D eigenvalue weighted by Crippen LogP contribution is -2.77. The molecule has 0 aromatic carbocycles. The van der Waals surface area contributed by atoms with Gasteiger partial charge in [-0.2, -0.15) is 0 Å². The van der Waals surface area contributed by atoms with Gasteiger partial charge in [0.15, 0.2) is 0 Å². The van der Waals surface area contributed by atoms with Crippen LogP contribution in [0.3, 0.4) is 0 Å². The lowest BCUT2D eigenvalue weighted by atomic mass is 9.47. The highest BCUT2D eigenvalue weighted by Crippen LogP contribution is 2.63. The molecule has 0 aromatic heterocycles. The fourth-order valence-electron chi connectivity index (χ4n) is 4.87. The fourth-order valence-corrected chi connectivity index (χ4v) is 4.87. The summed E-state index contributed by atoms with van der Waals surface area (Å²) >= 11 is 0. The average molecular weight is 275 g/mol. The zero-order valence-corrected chi connectivity index (χ0v) is 11.1. The van der Waals surface area contributed by atoms with Gasteiger partial charge in [0.25, 0.3) is 0 Å². The molecule has 18 heavy (non-hydrogen) atoms. The second-order valence-corrected chi connectivity index (χ2v) is 6.89.